The van der Waals surface area contributed by atoms with Crippen molar-refractivity contribution in [3.8, 4) is 22.5 Å². The molecule has 0 radical (unpaired) electrons. The molecular formula is C23H22N6O. The van der Waals surface area contributed by atoms with Gasteiger partial charge in [0, 0.05) is 36.9 Å². The van der Waals surface area contributed by atoms with Crippen molar-refractivity contribution in [2.45, 2.75) is 13.0 Å². The van der Waals surface area contributed by atoms with Crippen molar-refractivity contribution < 1.29 is 4.79 Å². The topological polar surface area (TPSA) is 84.7 Å². The Morgan fingerprint density at radius 1 is 0.933 bits per heavy atom. The number of aromatic nitrogens is 4. The summed E-state index contributed by atoms with van der Waals surface area (Å²) in [4.78, 5) is 21.0. The lowest BCUT2D eigenvalue weighted by Crippen LogP contribution is -2.31. The Kier molecular flexibility index (Phi) is 5.52. The van der Waals surface area contributed by atoms with Crippen molar-refractivity contribution in [2.24, 2.45) is 7.05 Å². The quantitative estimate of drug-likeness (QED) is 0.513. The van der Waals surface area contributed by atoms with Gasteiger partial charge in [0.05, 0.1) is 23.3 Å². The fraction of sp³-hybridized carbons (Fsp3) is 0.130. The summed E-state index contributed by atoms with van der Waals surface area (Å²) in [5, 5.41) is 10.3. The molecule has 1 atom stereocenters. The molecule has 1 amide bonds. The first-order valence-corrected chi connectivity index (χ1v) is 9.62. The van der Waals surface area contributed by atoms with Gasteiger partial charge in [0.2, 0.25) is 5.91 Å². The van der Waals surface area contributed by atoms with E-state index in [1.807, 2.05) is 73.3 Å². The number of nitrogens with zero attached hydrogens (tertiary/aromatic N) is 4. The Morgan fingerprint density at radius 3 is 2.37 bits per heavy atom. The van der Waals surface area contributed by atoms with Crippen LogP contribution in [0.25, 0.3) is 22.5 Å². The second-order valence-electron chi connectivity index (χ2n) is 6.95. The second-order valence-corrected chi connectivity index (χ2v) is 6.95. The summed E-state index contributed by atoms with van der Waals surface area (Å²) >= 11 is 0. The van der Waals surface area contributed by atoms with Gasteiger partial charge in [0.25, 0.3) is 0 Å². The van der Waals surface area contributed by atoms with Gasteiger partial charge in [-0.25, -0.2) is 0 Å². The number of hydrogen-bond acceptors (Lipinski definition) is 5. The fourth-order valence-electron chi connectivity index (χ4n) is 3.11. The zero-order valence-electron chi connectivity index (χ0n) is 16.8. The van der Waals surface area contributed by atoms with E-state index in [1.54, 1.807) is 24.8 Å². The first kappa shape index (κ1) is 19.3. The molecule has 2 N–H and O–H groups in total. The number of anilines is 2. The van der Waals surface area contributed by atoms with E-state index in [0.29, 0.717) is 5.69 Å². The molecule has 0 spiro atoms. The monoisotopic (exact) mass is 398 g/mol. The number of carbonyl (C=O) groups excluding carboxylic acids is 1. The number of amides is 1. The normalized spacial score (nSPS) is 11.7. The van der Waals surface area contributed by atoms with Crippen LogP contribution >= 0.6 is 0 Å². The van der Waals surface area contributed by atoms with Crippen LogP contribution in [0.5, 0.6) is 0 Å². The summed E-state index contributed by atoms with van der Waals surface area (Å²) in [5.41, 5.74) is 5.36. The molecule has 3 aromatic heterocycles. The lowest BCUT2D eigenvalue weighted by molar-refractivity contribution is -0.116. The van der Waals surface area contributed by atoms with Crippen molar-refractivity contribution in [1.82, 2.24) is 19.7 Å². The summed E-state index contributed by atoms with van der Waals surface area (Å²) < 4.78 is 1.83. The predicted octanol–water partition coefficient (Wildman–Crippen LogP) is 3.98. The minimum atomic E-state index is -0.412. The molecule has 4 rings (SSSR count). The molecular weight excluding hydrogens is 376 g/mol. The van der Waals surface area contributed by atoms with Gasteiger partial charge in [-0.2, -0.15) is 5.10 Å². The maximum Gasteiger partial charge on any atom is 0.246 e. The Morgan fingerprint density at radius 2 is 1.73 bits per heavy atom. The number of aryl methyl sites for hydroxylation is 1. The molecule has 1 aromatic carbocycles. The van der Waals surface area contributed by atoms with Crippen LogP contribution in [0.1, 0.15) is 6.92 Å². The Labute approximate surface area is 174 Å². The van der Waals surface area contributed by atoms with Gasteiger partial charge in [0.15, 0.2) is 0 Å². The molecule has 0 fully saturated rings. The minimum Gasteiger partial charge on any atom is -0.374 e. The number of rotatable bonds is 6. The maximum atomic E-state index is 12.5. The minimum absolute atomic E-state index is 0.137. The summed E-state index contributed by atoms with van der Waals surface area (Å²) in [7, 11) is 1.91. The molecule has 0 aliphatic carbocycles. The molecule has 3 heterocycles. The van der Waals surface area contributed by atoms with E-state index in [-0.39, 0.29) is 5.91 Å². The highest BCUT2D eigenvalue weighted by molar-refractivity contribution is 5.96. The van der Waals surface area contributed by atoms with E-state index in [2.05, 4.69) is 25.7 Å². The van der Waals surface area contributed by atoms with Gasteiger partial charge in [-0.1, -0.05) is 12.1 Å². The Hall–Kier alpha value is -4.00. The van der Waals surface area contributed by atoms with Gasteiger partial charge in [-0.05, 0) is 55.0 Å². The SMILES string of the molecule is CC(Nc1ccc(-c2ccnn2C)cc1)C(=O)Nc1ccc(-c2cccnc2)nc1. The van der Waals surface area contributed by atoms with Crippen molar-refractivity contribution >= 4 is 17.3 Å². The van der Waals surface area contributed by atoms with Crippen molar-refractivity contribution in [2.75, 3.05) is 10.6 Å². The number of hydrogen-bond donors (Lipinski definition) is 2. The van der Waals surface area contributed by atoms with E-state index < -0.39 is 6.04 Å². The third-order valence-electron chi connectivity index (χ3n) is 4.77. The molecule has 0 saturated carbocycles. The van der Waals surface area contributed by atoms with Crippen LogP contribution in [-0.2, 0) is 11.8 Å². The van der Waals surface area contributed by atoms with Crippen LogP contribution in [0.2, 0.25) is 0 Å². The van der Waals surface area contributed by atoms with Crippen LogP contribution in [-0.4, -0.2) is 31.7 Å². The van der Waals surface area contributed by atoms with Gasteiger partial charge in [0.1, 0.15) is 6.04 Å². The van der Waals surface area contributed by atoms with Gasteiger partial charge in [-0.3, -0.25) is 19.4 Å². The zero-order valence-corrected chi connectivity index (χ0v) is 16.8. The molecule has 1 unspecified atom stereocenters. The van der Waals surface area contributed by atoms with Crippen LogP contribution in [0, 0.1) is 0 Å². The highest BCUT2D eigenvalue weighted by Crippen LogP contribution is 2.21. The molecule has 7 heteroatoms. The number of carbonyl (C=O) groups is 1. The summed E-state index contributed by atoms with van der Waals surface area (Å²) in [6.45, 7) is 1.82. The average Bonchev–Trinajstić information content (AvgIpc) is 3.21. The van der Waals surface area contributed by atoms with Gasteiger partial charge in [-0.15, -0.1) is 0 Å². The molecule has 0 saturated heterocycles. The average molecular weight is 398 g/mol. The number of nitrogens with one attached hydrogen (secondary N) is 2. The zero-order chi connectivity index (χ0) is 20.9. The standard InChI is InChI=1S/C23H22N6O/c1-16(27-19-7-5-17(6-8-19)22-11-13-26-29(22)2)23(30)28-20-9-10-21(25-15-20)18-4-3-12-24-14-18/h3-16,27H,1-2H3,(H,28,30). The summed E-state index contributed by atoms with van der Waals surface area (Å²) in [6.07, 6.45) is 6.90. The van der Waals surface area contributed by atoms with Gasteiger partial charge < -0.3 is 10.6 Å². The molecule has 0 aliphatic rings. The molecule has 7 nitrogen and oxygen atoms in total. The highest BCUT2D eigenvalue weighted by atomic mass is 16.2. The molecule has 150 valence electrons. The Bertz CT molecular complexity index is 1120. The lowest BCUT2D eigenvalue weighted by Gasteiger charge is -2.16. The van der Waals surface area contributed by atoms with Crippen molar-refractivity contribution in [1.29, 1.82) is 0 Å². The van der Waals surface area contributed by atoms with Crippen LogP contribution in [0.3, 0.4) is 0 Å². The molecule has 4 aromatic rings. The maximum absolute atomic E-state index is 12.5. The number of pyridine rings is 2. The predicted molar refractivity (Wildman–Crippen MR) is 118 cm³/mol. The van der Waals surface area contributed by atoms with Crippen LogP contribution in [0.4, 0.5) is 11.4 Å². The van der Waals surface area contributed by atoms with E-state index in [9.17, 15) is 4.79 Å². The fourth-order valence-corrected chi connectivity index (χ4v) is 3.11. The van der Waals surface area contributed by atoms with E-state index in [0.717, 1.165) is 28.2 Å². The second kappa shape index (κ2) is 8.57. The Balaban J connectivity index is 1.36. The largest absolute Gasteiger partial charge is 0.374 e. The van der Waals surface area contributed by atoms with Crippen LogP contribution < -0.4 is 10.6 Å². The van der Waals surface area contributed by atoms with Crippen molar-refractivity contribution in [3.63, 3.8) is 0 Å². The van der Waals surface area contributed by atoms with E-state index >= 15 is 0 Å². The van der Waals surface area contributed by atoms with E-state index in [4.69, 9.17) is 0 Å². The first-order valence-electron chi connectivity index (χ1n) is 9.62. The molecule has 30 heavy (non-hydrogen) atoms. The number of benzene rings is 1. The van der Waals surface area contributed by atoms with Crippen molar-refractivity contribution in [3.05, 3.63) is 79.4 Å². The third-order valence-corrected chi connectivity index (χ3v) is 4.77. The highest BCUT2D eigenvalue weighted by Gasteiger charge is 2.13. The van der Waals surface area contributed by atoms with Gasteiger partial charge >= 0.3 is 0 Å². The van der Waals surface area contributed by atoms with E-state index in [1.165, 1.54) is 0 Å². The summed E-state index contributed by atoms with van der Waals surface area (Å²) in [5.74, 6) is -0.137. The third kappa shape index (κ3) is 4.35. The smallest absolute Gasteiger partial charge is 0.246 e. The molecule has 0 bridgehead atoms. The lowest BCUT2D eigenvalue weighted by atomic mass is 10.1. The summed E-state index contributed by atoms with van der Waals surface area (Å²) in [6, 6.07) is 17.0. The first-order chi connectivity index (χ1) is 14.6. The van der Waals surface area contributed by atoms with Crippen LogP contribution in [0.15, 0.2) is 79.4 Å². The molecule has 0 aliphatic heterocycles.